The Hall–Kier alpha value is -1.12. The molecule has 1 N–H and O–H groups in total. The Morgan fingerprint density at radius 1 is 1.71 bits per heavy atom. The molecule has 0 aromatic carbocycles. The first kappa shape index (κ1) is 5.88. The number of rotatable bonds is 3. The molecule has 0 aromatic rings. The zero-order chi connectivity index (χ0) is 5.70. The zero-order valence-electron chi connectivity index (χ0n) is 3.79. The molecule has 3 heteroatoms. The lowest BCUT2D eigenvalue weighted by molar-refractivity contribution is -0.113. The molecule has 0 rings (SSSR count). The number of nitrogens with one attached hydrogen (secondary N) is 1. The number of hydrogen-bond acceptors (Lipinski definition) is 2. The maximum Gasteiger partial charge on any atom is 0.218 e. The Bertz CT molecular complexity index is 70.7. The number of hydrogen-bond donors (Lipinski definition) is 1. The van der Waals surface area contributed by atoms with Gasteiger partial charge < -0.3 is 0 Å². The fourth-order valence-corrected chi connectivity index (χ4v) is 0.126. The van der Waals surface area contributed by atoms with Crippen molar-refractivity contribution in [2.45, 2.75) is 0 Å². The quantitative estimate of drug-likeness (QED) is 0.306. The van der Waals surface area contributed by atoms with Crippen molar-refractivity contribution in [2.24, 2.45) is 0 Å². The summed E-state index contributed by atoms with van der Waals surface area (Å²) in [6, 6.07) is 0. The minimum Gasteiger partial charge on any atom is -0.291 e. The van der Waals surface area contributed by atoms with E-state index in [0.29, 0.717) is 6.41 Å². The van der Waals surface area contributed by atoms with Crippen LogP contribution in [0.1, 0.15) is 0 Å². The van der Waals surface area contributed by atoms with E-state index in [-0.39, 0.29) is 0 Å². The van der Waals surface area contributed by atoms with Crippen LogP contribution < -0.4 is 0 Å². The van der Waals surface area contributed by atoms with Gasteiger partial charge in [-0.2, -0.15) is 0 Å². The summed E-state index contributed by atoms with van der Waals surface area (Å²) in [6.07, 6.45) is 2.62. The van der Waals surface area contributed by atoms with Crippen LogP contribution in [-0.4, -0.2) is 17.6 Å². The van der Waals surface area contributed by atoms with Crippen LogP contribution in [0.4, 0.5) is 0 Å². The number of amides is 1. The summed E-state index contributed by atoms with van der Waals surface area (Å²) in [7, 11) is 0. The molecule has 3 nitrogen and oxygen atoms in total. The lowest BCUT2D eigenvalue weighted by Gasteiger charge is -1.96. The first-order valence-electron chi connectivity index (χ1n) is 1.71. The van der Waals surface area contributed by atoms with Gasteiger partial charge in [0.1, 0.15) is 0 Å². The second-order valence-electron chi connectivity index (χ2n) is 0.864. The van der Waals surface area contributed by atoms with E-state index in [1.54, 1.807) is 0 Å². The third-order valence-corrected chi connectivity index (χ3v) is 0.482. The second kappa shape index (κ2) is 3.08. The van der Waals surface area contributed by atoms with Gasteiger partial charge in [-0.25, -0.2) is 0 Å². The van der Waals surface area contributed by atoms with Crippen molar-refractivity contribution in [2.75, 3.05) is 0 Å². The van der Waals surface area contributed by atoms with Gasteiger partial charge in [0.15, 0.2) is 0 Å². The first-order chi connectivity index (χ1) is 3.35. The van der Waals surface area contributed by atoms with E-state index in [4.69, 9.17) is 5.41 Å². The molecule has 0 fully saturated rings. The molecule has 0 radical (unpaired) electrons. The Morgan fingerprint density at radius 2 is 2.29 bits per heavy atom. The van der Waals surface area contributed by atoms with Crippen LogP contribution in [0.2, 0.25) is 0 Å². The summed E-state index contributed by atoms with van der Waals surface area (Å²) in [5.74, 6) is 0. The Kier molecular flexibility index (Phi) is 2.59. The predicted molar refractivity (Wildman–Crippen MR) is 26.9 cm³/mol. The highest BCUT2D eigenvalue weighted by molar-refractivity contribution is 5.71. The number of nitrogens with zero attached hydrogens (tertiary/aromatic N) is 1. The van der Waals surface area contributed by atoms with E-state index in [2.05, 4.69) is 6.58 Å². The van der Waals surface area contributed by atoms with Crippen LogP contribution in [0.5, 0.6) is 0 Å². The van der Waals surface area contributed by atoms with Crippen LogP contribution in [-0.2, 0) is 4.79 Å². The first-order valence-corrected chi connectivity index (χ1v) is 1.71. The summed E-state index contributed by atoms with van der Waals surface area (Å²) in [5, 5.41) is 6.46. The van der Waals surface area contributed by atoms with E-state index in [0.717, 1.165) is 11.2 Å². The standard InChI is InChI=1S/C4H6N2O/c1-2-6(3-5)4-7/h2-5H,1H2. The molecule has 38 valence electrons. The fourth-order valence-electron chi connectivity index (χ4n) is 0.126. The minimum absolute atomic E-state index is 0.500. The van der Waals surface area contributed by atoms with E-state index in [9.17, 15) is 4.79 Å². The molecule has 0 aliphatic carbocycles. The van der Waals surface area contributed by atoms with Crippen LogP contribution in [0.25, 0.3) is 0 Å². The van der Waals surface area contributed by atoms with Gasteiger partial charge in [0, 0.05) is 6.20 Å². The topological polar surface area (TPSA) is 44.2 Å². The van der Waals surface area contributed by atoms with Gasteiger partial charge in [-0.05, 0) is 0 Å². The predicted octanol–water partition coefficient (Wildman–Crippen LogP) is 0.195. The van der Waals surface area contributed by atoms with E-state index in [1.165, 1.54) is 6.20 Å². The number of carbonyl (C=O) groups is 1. The molecule has 0 aromatic heterocycles. The normalized spacial score (nSPS) is 6.86. The molecule has 0 aliphatic rings. The van der Waals surface area contributed by atoms with Gasteiger partial charge >= 0.3 is 0 Å². The Balaban J connectivity index is 3.57. The largest absolute Gasteiger partial charge is 0.291 e. The lowest BCUT2D eigenvalue weighted by Crippen LogP contribution is -2.09. The smallest absolute Gasteiger partial charge is 0.218 e. The molecule has 0 aliphatic heterocycles. The highest BCUT2D eigenvalue weighted by atomic mass is 16.1. The van der Waals surface area contributed by atoms with Crippen molar-refractivity contribution in [1.29, 1.82) is 5.41 Å². The molecule has 0 atom stereocenters. The fraction of sp³-hybridized carbons (Fsp3) is 0. The second-order valence-corrected chi connectivity index (χ2v) is 0.864. The van der Waals surface area contributed by atoms with Crippen LogP contribution in [0.15, 0.2) is 12.8 Å². The van der Waals surface area contributed by atoms with Gasteiger partial charge in [0.05, 0.1) is 6.34 Å². The summed E-state index contributed by atoms with van der Waals surface area (Å²) < 4.78 is 0. The molecule has 0 saturated carbocycles. The van der Waals surface area contributed by atoms with Gasteiger partial charge in [-0.1, -0.05) is 6.58 Å². The maximum absolute atomic E-state index is 9.67. The van der Waals surface area contributed by atoms with Crippen molar-refractivity contribution < 1.29 is 4.79 Å². The van der Waals surface area contributed by atoms with Gasteiger partial charge in [-0.15, -0.1) is 0 Å². The Labute approximate surface area is 41.8 Å². The van der Waals surface area contributed by atoms with Crippen molar-refractivity contribution in [3.8, 4) is 0 Å². The van der Waals surface area contributed by atoms with Crippen molar-refractivity contribution in [1.82, 2.24) is 4.90 Å². The summed E-state index contributed by atoms with van der Waals surface area (Å²) in [6.45, 7) is 3.25. The van der Waals surface area contributed by atoms with E-state index >= 15 is 0 Å². The molecule has 0 spiro atoms. The minimum atomic E-state index is 0.500. The average Bonchev–Trinajstić information content (AvgIpc) is 1.72. The molecule has 7 heavy (non-hydrogen) atoms. The average molecular weight is 98.1 g/mol. The molecule has 0 heterocycles. The van der Waals surface area contributed by atoms with Crippen LogP contribution >= 0.6 is 0 Å². The SMILES string of the molecule is C=CN(C=N)C=O. The zero-order valence-corrected chi connectivity index (χ0v) is 3.79. The van der Waals surface area contributed by atoms with E-state index in [1.807, 2.05) is 0 Å². The van der Waals surface area contributed by atoms with Crippen molar-refractivity contribution in [3.63, 3.8) is 0 Å². The maximum atomic E-state index is 9.67. The molecular weight excluding hydrogens is 92.1 g/mol. The third-order valence-electron chi connectivity index (χ3n) is 0.482. The van der Waals surface area contributed by atoms with Crippen molar-refractivity contribution in [3.05, 3.63) is 12.8 Å². The number of carbonyl (C=O) groups excluding carboxylic acids is 1. The highest BCUT2D eigenvalue weighted by Crippen LogP contribution is 1.70. The lowest BCUT2D eigenvalue weighted by atomic mass is 10.8. The molecule has 0 unspecified atom stereocenters. The summed E-state index contributed by atoms with van der Waals surface area (Å²) in [5.41, 5.74) is 0. The molecule has 0 saturated heterocycles. The third kappa shape index (κ3) is 1.70. The molecular formula is C4H6N2O. The van der Waals surface area contributed by atoms with Gasteiger partial charge in [0.25, 0.3) is 0 Å². The Morgan fingerprint density at radius 3 is 2.29 bits per heavy atom. The molecule has 1 amide bonds. The van der Waals surface area contributed by atoms with Crippen LogP contribution in [0, 0.1) is 5.41 Å². The highest BCUT2D eigenvalue weighted by Gasteiger charge is 1.80. The van der Waals surface area contributed by atoms with Gasteiger partial charge in [0.2, 0.25) is 6.41 Å². The van der Waals surface area contributed by atoms with Crippen molar-refractivity contribution >= 4 is 12.7 Å². The summed E-state index contributed by atoms with van der Waals surface area (Å²) in [4.78, 5) is 10.7. The molecule has 0 bridgehead atoms. The van der Waals surface area contributed by atoms with Gasteiger partial charge in [-0.3, -0.25) is 15.1 Å². The van der Waals surface area contributed by atoms with Crippen LogP contribution in [0.3, 0.4) is 0 Å². The summed E-state index contributed by atoms with van der Waals surface area (Å²) >= 11 is 0. The van der Waals surface area contributed by atoms with E-state index < -0.39 is 0 Å². The monoisotopic (exact) mass is 98.0 g/mol.